The number of aromatic nitrogens is 2. The van der Waals surface area contributed by atoms with E-state index in [0.717, 1.165) is 34.1 Å². The molecule has 0 atom stereocenters. The van der Waals surface area contributed by atoms with E-state index in [9.17, 15) is 4.79 Å². The SMILES string of the molecule is O=c1oc2ccc(Br)cc2c(Cl)c1CN1CCc2[nH]c(=S)ncc2C1. The van der Waals surface area contributed by atoms with Gasteiger partial charge in [0.1, 0.15) is 5.58 Å². The second kappa shape index (κ2) is 6.64. The number of aromatic amines is 1. The maximum atomic E-state index is 12.4. The van der Waals surface area contributed by atoms with Crippen LogP contribution in [0.2, 0.25) is 5.02 Å². The highest BCUT2D eigenvalue weighted by molar-refractivity contribution is 9.10. The van der Waals surface area contributed by atoms with Crippen molar-refractivity contribution in [1.29, 1.82) is 0 Å². The molecule has 0 fully saturated rings. The van der Waals surface area contributed by atoms with Gasteiger partial charge in [0.2, 0.25) is 0 Å². The third-order valence-corrected chi connectivity index (χ3v) is 5.46. The van der Waals surface area contributed by atoms with Gasteiger partial charge in [-0.1, -0.05) is 27.5 Å². The summed E-state index contributed by atoms with van der Waals surface area (Å²) in [5.74, 6) is 0. The number of hydrogen-bond acceptors (Lipinski definition) is 5. The smallest absolute Gasteiger partial charge is 0.342 e. The van der Waals surface area contributed by atoms with E-state index in [4.69, 9.17) is 28.2 Å². The zero-order chi connectivity index (χ0) is 17.6. The second-order valence-corrected chi connectivity index (χ2v) is 7.66. The van der Waals surface area contributed by atoms with Crippen LogP contribution in [0.5, 0.6) is 0 Å². The first-order valence-corrected chi connectivity index (χ1v) is 9.29. The molecule has 0 aliphatic carbocycles. The molecule has 0 saturated carbocycles. The van der Waals surface area contributed by atoms with Crippen molar-refractivity contribution in [2.45, 2.75) is 19.5 Å². The van der Waals surface area contributed by atoms with E-state index in [-0.39, 0.29) is 0 Å². The Bertz CT molecular complexity index is 1100. The number of benzene rings is 1. The first-order valence-electron chi connectivity index (χ1n) is 7.71. The number of H-pyrrole nitrogens is 1. The number of nitrogens with one attached hydrogen (secondary N) is 1. The van der Waals surface area contributed by atoms with Crippen molar-refractivity contribution >= 4 is 50.7 Å². The van der Waals surface area contributed by atoms with Gasteiger partial charge in [-0.05, 0) is 30.4 Å². The van der Waals surface area contributed by atoms with Crippen molar-refractivity contribution in [3.63, 3.8) is 0 Å². The first kappa shape index (κ1) is 16.9. The molecule has 0 amide bonds. The molecule has 2 aromatic heterocycles. The largest absolute Gasteiger partial charge is 0.422 e. The third-order valence-electron chi connectivity index (χ3n) is 4.33. The average molecular weight is 439 g/mol. The summed E-state index contributed by atoms with van der Waals surface area (Å²) in [4.78, 5) is 21.8. The fraction of sp³-hybridized carbons (Fsp3) is 0.235. The van der Waals surface area contributed by atoms with E-state index in [0.29, 0.717) is 34.0 Å². The Labute approximate surface area is 161 Å². The average Bonchev–Trinajstić information content (AvgIpc) is 2.59. The Morgan fingerprint density at radius 2 is 2.28 bits per heavy atom. The lowest BCUT2D eigenvalue weighted by molar-refractivity contribution is 0.240. The van der Waals surface area contributed by atoms with Gasteiger partial charge in [0.05, 0.1) is 10.6 Å². The molecule has 8 heteroatoms. The lowest BCUT2D eigenvalue weighted by atomic mass is 10.1. The Balaban J connectivity index is 1.68. The molecule has 0 saturated heterocycles. The van der Waals surface area contributed by atoms with Gasteiger partial charge in [0.25, 0.3) is 0 Å². The molecule has 1 aliphatic rings. The molecule has 3 aromatic rings. The van der Waals surface area contributed by atoms with Gasteiger partial charge in [-0.15, -0.1) is 0 Å². The Kier molecular flexibility index (Phi) is 4.49. The van der Waals surface area contributed by atoms with Crippen LogP contribution in [0.15, 0.2) is 38.1 Å². The number of rotatable bonds is 2. The zero-order valence-electron chi connectivity index (χ0n) is 13.0. The summed E-state index contributed by atoms with van der Waals surface area (Å²) < 4.78 is 6.82. The van der Waals surface area contributed by atoms with E-state index >= 15 is 0 Å². The topological polar surface area (TPSA) is 62.1 Å². The fourth-order valence-corrected chi connectivity index (χ4v) is 3.90. The Morgan fingerprint density at radius 1 is 1.44 bits per heavy atom. The van der Waals surface area contributed by atoms with Gasteiger partial charge < -0.3 is 9.40 Å². The minimum Gasteiger partial charge on any atom is -0.422 e. The highest BCUT2D eigenvalue weighted by atomic mass is 79.9. The van der Waals surface area contributed by atoms with Gasteiger partial charge in [0, 0.05) is 53.4 Å². The van der Waals surface area contributed by atoms with Gasteiger partial charge >= 0.3 is 5.63 Å². The minimum absolute atomic E-state index is 0.392. The number of fused-ring (bicyclic) bond motifs is 2. The standard InChI is InChI=1S/C17H13BrClN3O2S/c18-10-1-2-14-11(5-10)15(19)12(16(23)24-14)8-22-4-3-13-9(7-22)6-20-17(25)21-13/h1-2,5-6H,3-4,7-8H2,(H,20,21,25). The van der Waals surface area contributed by atoms with Crippen LogP contribution in [0, 0.1) is 4.77 Å². The third kappa shape index (κ3) is 3.29. The van der Waals surface area contributed by atoms with E-state index in [1.165, 1.54) is 0 Å². The predicted octanol–water partition coefficient (Wildman–Crippen LogP) is 4.22. The molecule has 1 N–H and O–H groups in total. The summed E-state index contributed by atoms with van der Waals surface area (Å²) in [6.45, 7) is 1.91. The van der Waals surface area contributed by atoms with Crippen molar-refractivity contribution < 1.29 is 4.42 Å². The zero-order valence-corrected chi connectivity index (χ0v) is 16.2. The van der Waals surface area contributed by atoms with Crippen LogP contribution in [0.4, 0.5) is 0 Å². The lowest BCUT2D eigenvalue weighted by Gasteiger charge is -2.28. The van der Waals surface area contributed by atoms with Crippen molar-refractivity contribution in [1.82, 2.24) is 14.9 Å². The van der Waals surface area contributed by atoms with Crippen molar-refractivity contribution in [2.75, 3.05) is 6.54 Å². The molecule has 0 unspecified atom stereocenters. The fourth-order valence-electron chi connectivity index (χ4n) is 3.07. The van der Waals surface area contributed by atoms with Crippen LogP contribution >= 0.6 is 39.7 Å². The van der Waals surface area contributed by atoms with E-state index in [2.05, 4.69) is 30.8 Å². The molecule has 0 spiro atoms. The normalized spacial score (nSPS) is 14.6. The molecule has 1 aliphatic heterocycles. The van der Waals surface area contributed by atoms with Crippen LogP contribution in [-0.2, 0) is 19.5 Å². The molecule has 5 nitrogen and oxygen atoms in total. The number of hydrogen-bond donors (Lipinski definition) is 1. The van der Waals surface area contributed by atoms with Crippen LogP contribution in [0.3, 0.4) is 0 Å². The Morgan fingerprint density at radius 3 is 3.12 bits per heavy atom. The van der Waals surface area contributed by atoms with Crippen LogP contribution in [0.25, 0.3) is 11.0 Å². The quantitative estimate of drug-likeness (QED) is 0.479. The van der Waals surface area contributed by atoms with Crippen LogP contribution < -0.4 is 5.63 Å². The maximum Gasteiger partial charge on any atom is 0.342 e. The minimum atomic E-state index is -0.392. The molecule has 128 valence electrons. The van der Waals surface area contributed by atoms with Gasteiger partial charge in [-0.25, -0.2) is 9.78 Å². The molecular weight excluding hydrogens is 426 g/mol. The molecule has 3 heterocycles. The van der Waals surface area contributed by atoms with Crippen molar-refractivity contribution in [2.24, 2.45) is 0 Å². The summed E-state index contributed by atoms with van der Waals surface area (Å²) in [7, 11) is 0. The summed E-state index contributed by atoms with van der Waals surface area (Å²) in [6, 6.07) is 5.42. The lowest BCUT2D eigenvalue weighted by Crippen LogP contribution is -2.32. The Hall–Kier alpha value is -1.54. The monoisotopic (exact) mass is 437 g/mol. The van der Waals surface area contributed by atoms with Crippen LogP contribution in [-0.4, -0.2) is 21.4 Å². The van der Waals surface area contributed by atoms with Gasteiger partial charge in [-0.2, -0.15) is 0 Å². The number of nitrogens with zero attached hydrogens (tertiary/aromatic N) is 2. The summed E-state index contributed by atoms with van der Waals surface area (Å²) in [5, 5.41) is 1.18. The van der Waals surface area contributed by atoms with E-state index < -0.39 is 5.63 Å². The van der Waals surface area contributed by atoms with Crippen molar-refractivity contribution in [3.8, 4) is 0 Å². The maximum absolute atomic E-state index is 12.4. The van der Waals surface area contributed by atoms with E-state index in [1.807, 2.05) is 12.1 Å². The summed E-state index contributed by atoms with van der Waals surface area (Å²) >= 11 is 15.0. The highest BCUT2D eigenvalue weighted by Gasteiger charge is 2.21. The summed E-state index contributed by atoms with van der Waals surface area (Å²) in [6.07, 6.45) is 2.62. The second-order valence-electron chi connectivity index (χ2n) is 5.98. The molecule has 25 heavy (non-hydrogen) atoms. The highest BCUT2D eigenvalue weighted by Crippen LogP contribution is 2.29. The van der Waals surface area contributed by atoms with E-state index in [1.54, 1.807) is 12.3 Å². The molecule has 4 rings (SSSR count). The predicted molar refractivity (Wildman–Crippen MR) is 102 cm³/mol. The molecule has 0 radical (unpaired) electrons. The van der Waals surface area contributed by atoms with Crippen LogP contribution in [0.1, 0.15) is 16.8 Å². The van der Waals surface area contributed by atoms with Crippen molar-refractivity contribution in [3.05, 3.63) is 65.9 Å². The number of halogens is 2. The molecular formula is C17H13BrClN3O2S. The van der Waals surface area contributed by atoms with Gasteiger partial charge in [0.15, 0.2) is 4.77 Å². The molecule has 1 aromatic carbocycles. The summed E-state index contributed by atoms with van der Waals surface area (Å²) in [5.41, 5.74) is 2.77. The van der Waals surface area contributed by atoms with Gasteiger partial charge in [-0.3, -0.25) is 4.90 Å². The molecule has 0 bridgehead atoms. The first-order chi connectivity index (χ1) is 12.0.